The molecule has 0 bridgehead atoms. The number of rotatable bonds is 10. The zero-order chi connectivity index (χ0) is 22.8. The van der Waals surface area contributed by atoms with Crippen molar-refractivity contribution in [1.29, 1.82) is 0 Å². The third-order valence-electron chi connectivity index (χ3n) is 6.12. The Morgan fingerprint density at radius 1 is 0.906 bits per heavy atom. The van der Waals surface area contributed by atoms with E-state index in [1.807, 2.05) is 43.3 Å². The predicted octanol–water partition coefficient (Wildman–Crippen LogP) is 6.62. The highest BCUT2D eigenvalue weighted by molar-refractivity contribution is 5.64. The molecule has 1 aliphatic carbocycles. The number of ether oxygens (including phenoxy) is 3. The van der Waals surface area contributed by atoms with Gasteiger partial charge in [0.1, 0.15) is 11.9 Å². The van der Waals surface area contributed by atoms with Crippen molar-refractivity contribution in [2.45, 2.75) is 76.9 Å². The molecule has 1 fully saturated rings. The number of benzene rings is 2. The number of hydrogen-bond acceptors (Lipinski definition) is 5. The van der Waals surface area contributed by atoms with Crippen molar-refractivity contribution in [3.05, 3.63) is 54.1 Å². The van der Waals surface area contributed by atoms with Gasteiger partial charge in [0.05, 0.1) is 18.8 Å². The van der Waals surface area contributed by atoms with Gasteiger partial charge in [0.25, 0.3) is 0 Å². The summed E-state index contributed by atoms with van der Waals surface area (Å²) in [5.41, 5.74) is 2.24. The lowest BCUT2D eigenvalue weighted by Crippen LogP contribution is -2.35. The highest BCUT2D eigenvalue weighted by Crippen LogP contribution is 2.39. The van der Waals surface area contributed by atoms with Crippen LogP contribution in [0.4, 0.5) is 4.79 Å². The summed E-state index contributed by atoms with van der Waals surface area (Å²) in [7, 11) is 0. The standard InChI is InChI=1S/C27H36O5/c1-3-5-19-30-24-13-9-22(10-14-24)21-7-11-23(12-8-21)27(29)17-15-25(16-18-27)32-26(28)31-20-6-4-2/h7-14,25,29H,3-6,15-20H2,1-2H3. The average molecular weight is 441 g/mol. The second kappa shape index (κ2) is 11.9. The summed E-state index contributed by atoms with van der Waals surface area (Å²) in [5.74, 6) is 0.890. The second-order valence-electron chi connectivity index (χ2n) is 8.60. The fourth-order valence-electron chi connectivity index (χ4n) is 4.00. The maximum atomic E-state index is 11.8. The highest BCUT2D eigenvalue weighted by Gasteiger charge is 2.36. The van der Waals surface area contributed by atoms with Gasteiger partial charge < -0.3 is 19.3 Å². The van der Waals surface area contributed by atoms with Gasteiger partial charge in [-0.1, -0.05) is 63.1 Å². The highest BCUT2D eigenvalue weighted by atomic mass is 16.7. The van der Waals surface area contributed by atoms with Gasteiger partial charge in [-0.05, 0) is 67.3 Å². The van der Waals surface area contributed by atoms with Crippen molar-refractivity contribution >= 4 is 6.16 Å². The quantitative estimate of drug-likeness (QED) is 0.332. The Balaban J connectivity index is 1.53. The molecule has 0 aromatic heterocycles. The van der Waals surface area contributed by atoms with E-state index in [9.17, 15) is 9.90 Å². The molecule has 5 nitrogen and oxygen atoms in total. The van der Waals surface area contributed by atoms with E-state index < -0.39 is 11.8 Å². The molecule has 1 aliphatic rings. The molecule has 2 aromatic carbocycles. The molecule has 174 valence electrons. The molecule has 1 saturated carbocycles. The molecule has 2 aromatic rings. The molecule has 0 unspecified atom stereocenters. The first kappa shape index (κ1) is 24.1. The number of unbranched alkanes of at least 4 members (excludes halogenated alkanes) is 2. The topological polar surface area (TPSA) is 65.0 Å². The van der Waals surface area contributed by atoms with E-state index in [4.69, 9.17) is 14.2 Å². The van der Waals surface area contributed by atoms with E-state index in [-0.39, 0.29) is 6.10 Å². The Kier molecular flexibility index (Phi) is 8.98. The minimum absolute atomic E-state index is 0.193. The predicted molar refractivity (Wildman–Crippen MR) is 126 cm³/mol. The largest absolute Gasteiger partial charge is 0.508 e. The first-order chi connectivity index (χ1) is 15.5. The van der Waals surface area contributed by atoms with Crippen LogP contribution in [0, 0.1) is 0 Å². The Bertz CT molecular complexity index is 820. The van der Waals surface area contributed by atoms with Crippen LogP contribution in [0.5, 0.6) is 5.75 Å². The molecule has 0 heterocycles. The van der Waals surface area contributed by atoms with Crippen molar-refractivity contribution in [2.24, 2.45) is 0 Å². The maximum Gasteiger partial charge on any atom is 0.508 e. The summed E-state index contributed by atoms with van der Waals surface area (Å²) in [6, 6.07) is 16.2. The van der Waals surface area contributed by atoms with Gasteiger partial charge in [-0.15, -0.1) is 0 Å². The smallest absolute Gasteiger partial charge is 0.494 e. The molecule has 1 N–H and O–H groups in total. The zero-order valence-electron chi connectivity index (χ0n) is 19.3. The van der Waals surface area contributed by atoms with Crippen molar-refractivity contribution in [1.82, 2.24) is 0 Å². The van der Waals surface area contributed by atoms with E-state index in [1.165, 1.54) is 0 Å². The second-order valence-corrected chi connectivity index (χ2v) is 8.60. The van der Waals surface area contributed by atoms with Gasteiger partial charge in [0.2, 0.25) is 0 Å². The van der Waals surface area contributed by atoms with Gasteiger partial charge in [-0.2, -0.15) is 0 Å². The summed E-state index contributed by atoms with van der Waals surface area (Å²) >= 11 is 0. The molecule has 0 aliphatic heterocycles. The van der Waals surface area contributed by atoms with Gasteiger partial charge in [0, 0.05) is 0 Å². The van der Waals surface area contributed by atoms with Crippen molar-refractivity contribution in [2.75, 3.05) is 13.2 Å². The van der Waals surface area contributed by atoms with E-state index in [0.29, 0.717) is 32.3 Å². The third kappa shape index (κ3) is 6.73. The van der Waals surface area contributed by atoms with Crippen LogP contribution < -0.4 is 4.74 Å². The Morgan fingerprint density at radius 2 is 1.47 bits per heavy atom. The molecule has 0 amide bonds. The number of aliphatic hydroxyl groups is 1. The van der Waals surface area contributed by atoms with E-state index in [2.05, 4.69) is 19.1 Å². The summed E-state index contributed by atoms with van der Waals surface area (Å²) in [5, 5.41) is 11.2. The molecule has 5 heteroatoms. The number of carbonyl (C=O) groups is 1. The van der Waals surface area contributed by atoms with Crippen LogP contribution >= 0.6 is 0 Å². The minimum Gasteiger partial charge on any atom is -0.494 e. The zero-order valence-corrected chi connectivity index (χ0v) is 19.3. The van der Waals surface area contributed by atoms with Crippen LogP contribution in [-0.4, -0.2) is 30.6 Å². The Hall–Kier alpha value is -2.53. The molecule has 32 heavy (non-hydrogen) atoms. The fourth-order valence-corrected chi connectivity index (χ4v) is 4.00. The van der Waals surface area contributed by atoms with Crippen molar-refractivity contribution in [3.63, 3.8) is 0 Å². The lowest BCUT2D eigenvalue weighted by molar-refractivity contribution is -0.0537. The lowest BCUT2D eigenvalue weighted by atomic mass is 9.78. The molecular weight excluding hydrogens is 404 g/mol. The van der Waals surface area contributed by atoms with Crippen molar-refractivity contribution < 1.29 is 24.1 Å². The van der Waals surface area contributed by atoms with Gasteiger partial charge in [-0.25, -0.2) is 4.79 Å². The fraction of sp³-hybridized carbons (Fsp3) is 0.519. The molecule has 3 rings (SSSR count). The Morgan fingerprint density at radius 3 is 2.06 bits per heavy atom. The lowest BCUT2D eigenvalue weighted by Gasteiger charge is -2.36. The number of hydrogen-bond donors (Lipinski definition) is 1. The van der Waals surface area contributed by atoms with Crippen LogP contribution in [0.15, 0.2) is 48.5 Å². The average Bonchev–Trinajstić information content (AvgIpc) is 2.82. The SMILES string of the molecule is CCCCOC(=O)OC1CCC(O)(c2ccc(-c3ccc(OCCCC)cc3)cc2)CC1. The normalized spacial score (nSPS) is 20.5. The third-order valence-corrected chi connectivity index (χ3v) is 6.12. The monoisotopic (exact) mass is 440 g/mol. The maximum absolute atomic E-state index is 11.8. The molecule has 0 spiro atoms. The van der Waals surface area contributed by atoms with Gasteiger partial charge in [0.15, 0.2) is 0 Å². The van der Waals surface area contributed by atoms with Gasteiger partial charge >= 0.3 is 6.16 Å². The summed E-state index contributed by atoms with van der Waals surface area (Å²) in [6.07, 6.45) is 5.57. The van der Waals surface area contributed by atoms with E-state index >= 15 is 0 Å². The first-order valence-electron chi connectivity index (χ1n) is 11.9. The minimum atomic E-state index is -0.887. The molecular formula is C27H36O5. The summed E-state index contributed by atoms with van der Waals surface area (Å²) in [4.78, 5) is 11.8. The summed E-state index contributed by atoms with van der Waals surface area (Å²) < 4.78 is 16.2. The van der Waals surface area contributed by atoms with Crippen LogP contribution in [0.2, 0.25) is 0 Å². The van der Waals surface area contributed by atoms with Crippen LogP contribution in [0.25, 0.3) is 11.1 Å². The molecule has 0 radical (unpaired) electrons. The van der Waals surface area contributed by atoms with E-state index in [1.54, 1.807) is 0 Å². The first-order valence-corrected chi connectivity index (χ1v) is 11.9. The molecule has 0 saturated heterocycles. The molecule has 0 atom stereocenters. The number of carbonyl (C=O) groups excluding carboxylic acids is 1. The van der Waals surface area contributed by atoms with Crippen molar-refractivity contribution in [3.8, 4) is 16.9 Å². The van der Waals surface area contributed by atoms with Gasteiger partial charge in [-0.3, -0.25) is 0 Å². The van der Waals surface area contributed by atoms with Crippen LogP contribution in [0.3, 0.4) is 0 Å². The Labute approximate surface area is 191 Å². The summed E-state index contributed by atoms with van der Waals surface area (Å²) in [6.45, 7) is 5.34. The van der Waals surface area contributed by atoms with E-state index in [0.717, 1.165) is 54.7 Å². The van der Waals surface area contributed by atoms with Crippen LogP contribution in [0.1, 0.15) is 70.8 Å². The van der Waals surface area contributed by atoms with Crippen LogP contribution in [-0.2, 0) is 15.1 Å².